The largest absolute Gasteiger partial charge is 0.308 e. The number of benzene rings is 1. The Labute approximate surface area is 148 Å². The second kappa shape index (κ2) is 8.01. The van der Waals surface area contributed by atoms with Gasteiger partial charge in [0.25, 0.3) is 5.69 Å². The van der Waals surface area contributed by atoms with Gasteiger partial charge in [-0.05, 0) is 24.0 Å². The molecule has 1 N–H and O–H groups in total. The van der Waals surface area contributed by atoms with E-state index in [1.807, 2.05) is 13.8 Å². The molecule has 0 saturated carbocycles. The molecule has 0 bridgehead atoms. The summed E-state index contributed by atoms with van der Waals surface area (Å²) in [4.78, 5) is 13.2. The lowest BCUT2D eigenvalue weighted by Gasteiger charge is -2.17. The fraction of sp³-hybridized carbons (Fsp3) is 0.182. The summed E-state index contributed by atoms with van der Waals surface area (Å²) in [5, 5.41) is 10.7. The number of hydrogen-bond donors (Lipinski definition) is 1. The zero-order valence-electron chi connectivity index (χ0n) is 12.7. The van der Waals surface area contributed by atoms with Gasteiger partial charge in [0.15, 0.2) is 11.5 Å². The molecule has 0 spiro atoms. The molecule has 0 atom stereocenters. The Morgan fingerprint density at radius 1 is 1.20 bits per heavy atom. The Balaban J connectivity index is 0.000000550. The van der Waals surface area contributed by atoms with Gasteiger partial charge in [-0.3, -0.25) is 10.1 Å². The maximum absolute atomic E-state index is 12.1. The highest BCUT2D eigenvalue weighted by molar-refractivity contribution is 7.92. The van der Waals surface area contributed by atoms with E-state index >= 15 is 0 Å². The SMILES string of the molecule is Cc1c[n+](NS(=O)(=O)c2cccc([N+](=O)[O-])c2)sc1C.[O-][Cl+3]([O-])([O-])[O-]. The van der Waals surface area contributed by atoms with Gasteiger partial charge >= 0.3 is 10.0 Å². The smallest absolute Gasteiger partial charge is 0.258 e. The third-order valence-corrected chi connectivity index (χ3v) is 5.07. The quantitative estimate of drug-likeness (QED) is 0.307. The predicted octanol–water partition coefficient (Wildman–Crippen LogP) is -3.26. The van der Waals surface area contributed by atoms with Gasteiger partial charge in [-0.2, -0.15) is 8.42 Å². The number of nitrogens with one attached hydrogen (secondary N) is 1. The van der Waals surface area contributed by atoms with Gasteiger partial charge < -0.3 is 0 Å². The Morgan fingerprint density at radius 2 is 1.76 bits per heavy atom. The van der Waals surface area contributed by atoms with Crippen molar-refractivity contribution in [3.05, 3.63) is 51.0 Å². The van der Waals surface area contributed by atoms with Crippen LogP contribution in [0.15, 0.2) is 35.4 Å². The first-order valence-corrected chi connectivity index (χ1v) is 9.67. The van der Waals surface area contributed by atoms with E-state index in [-0.39, 0.29) is 10.6 Å². The molecule has 1 heterocycles. The standard InChI is InChI=1S/C11H12N3O4S2.ClHO4/c1-8-7-13(19-9(8)2)12-20(17,18)11-5-3-4-10(6-11)14(15)16;2-1(3,4)5/h3-7,12H,1-2H3;(H,2,3,4,5)/q+1;/p-1. The summed E-state index contributed by atoms with van der Waals surface area (Å²) in [6.45, 7) is 3.74. The van der Waals surface area contributed by atoms with Crippen molar-refractivity contribution in [2.24, 2.45) is 0 Å². The number of hydrogen-bond acceptors (Lipinski definition) is 9. The van der Waals surface area contributed by atoms with Gasteiger partial charge in [-0.15, -0.1) is 10.2 Å². The van der Waals surface area contributed by atoms with Gasteiger partial charge in [0.1, 0.15) is 0 Å². The summed E-state index contributed by atoms with van der Waals surface area (Å²) in [6.07, 6.45) is 1.65. The van der Waals surface area contributed by atoms with E-state index in [1.54, 1.807) is 6.20 Å². The minimum absolute atomic E-state index is 0.150. The van der Waals surface area contributed by atoms with Gasteiger partial charge in [-0.25, -0.2) is 18.6 Å². The normalized spacial score (nSPS) is 11.4. The van der Waals surface area contributed by atoms with E-state index in [2.05, 4.69) is 4.83 Å². The van der Waals surface area contributed by atoms with Crippen LogP contribution in [0.5, 0.6) is 0 Å². The van der Waals surface area contributed by atoms with Crippen LogP contribution in [-0.2, 0) is 10.0 Å². The number of halogens is 1. The minimum atomic E-state index is -4.94. The first-order chi connectivity index (χ1) is 11.3. The van der Waals surface area contributed by atoms with Crippen molar-refractivity contribution in [2.75, 3.05) is 4.83 Å². The Bertz CT molecular complexity index is 837. The minimum Gasteiger partial charge on any atom is -0.258 e. The summed E-state index contributed by atoms with van der Waals surface area (Å²) in [6, 6.07) is 4.91. The predicted molar refractivity (Wildman–Crippen MR) is 73.6 cm³/mol. The second-order valence-corrected chi connectivity index (χ2v) is 8.12. The van der Waals surface area contributed by atoms with Crippen molar-refractivity contribution >= 4 is 27.2 Å². The summed E-state index contributed by atoms with van der Waals surface area (Å²) in [5.74, 6) is 0. The molecule has 0 aliphatic carbocycles. The maximum atomic E-state index is 12.1. The van der Waals surface area contributed by atoms with Crippen molar-refractivity contribution in [1.29, 1.82) is 0 Å². The molecule has 14 heteroatoms. The lowest BCUT2D eigenvalue weighted by atomic mass is 10.3. The van der Waals surface area contributed by atoms with Crippen molar-refractivity contribution in [3.8, 4) is 0 Å². The second-order valence-electron chi connectivity index (χ2n) is 4.51. The van der Waals surface area contributed by atoms with Crippen LogP contribution in [0.2, 0.25) is 0 Å². The molecular weight excluding hydrogens is 402 g/mol. The number of nitrogens with zero attached hydrogens (tertiary/aromatic N) is 2. The van der Waals surface area contributed by atoms with Crippen LogP contribution in [0.4, 0.5) is 5.69 Å². The van der Waals surface area contributed by atoms with Crippen LogP contribution in [0.1, 0.15) is 10.4 Å². The molecule has 2 rings (SSSR count). The molecule has 0 aliphatic rings. The van der Waals surface area contributed by atoms with E-state index in [4.69, 9.17) is 18.6 Å². The van der Waals surface area contributed by atoms with Crippen LogP contribution < -0.4 is 27.5 Å². The zero-order chi connectivity index (χ0) is 19.4. The molecule has 2 aromatic rings. The van der Waals surface area contributed by atoms with Gasteiger partial charge in [-0.1, -0.05) is 10.9 Å². The number of non-ortho nitro benzene ring substituents is 1. The molecule has 25 heavy (non-hydrogen) atoms. The number of sulfonamides is 1. The van der Waals surface area contributed by atoms with Crippen LogP contribution in [-0.4, -0.2) is 13.3 Å². The highest BCUT2D eigenvalue weighted by Crippen LogP contribution is 2.17. The van der Waals surface area contributed by atoms with Gasteiger partial charge in [0, 0.05) is 17.7 Å². The van der Waals surface area contributed by atoms with E-state index in [0.717, 1.165) is 16.5 Å². The molecule has 0 amide bonds. The van der Waals surface area contributed by atoms with E-state index in [9.17, 15) is 18.5 Å². The van der Waals surface area contributed by atoms with Crippen molar-refractivity contribution < 1.29 is 46.3 Å². The highest BCUT2D eigenvalue weighted by atomic mass is 35.7. The number of nitro groups is 1. The lowest BCUT2D eigenvalue weighted by Crippen LogP contribution is -2.68. The Hall–Kier alpha value is -1.87. The Morgan fingerprint density at radius 3 is 2.20 bits per heavy atom. The van der Waals surface area contributed by atoms with Crippen molar-refractivity contribution in [2.45, 2.75) is 18.7 Å². The zero-order valence-corrected chi connectivity index (χ0v) is 15.1. The van der Waals surface area contributed by atoms with E-state index < -0.39 is 25.2 Å². The van der Waals surface area contributed by atoms with Crippen molar-refractivity contribution in [1.82, 2.24) is 0 Å². The third-order valence-electron chi connectivity index (χ3n) is 2.65. The third kappa shape index (κ3) is 7.27. The topological polar surface area (TPSA) is 185 Å². The molecule has 0 unspecified atom stereocenters. The lowest BCUT2D eigenvalue weighted by molar-refractivity contribution is -2.00. The average Bonchev–Trinajstić information content (AvgIpc) is 2.74. The first kappa shape index (κ1) is 21.2. The molecule has 0 aliphatic heterocycles. The molecule has 11 nitrogen and oxygen atoms in total. The van der Waals surface area contributed by atoms with Crippen LogP contribution in [0.3, 0.4) is 0 Å². The molecule has 138 valence electrons. The van der Waals surface area contributed by atoms with Crippen LogP contribution in [0.25, 0.3) is 0 Å². The summed E-state index contributed by atoms with van der Waals surface area (Å²) in [5.41, 5.74) is 0.688. The molecule has 1 aromatic heterocycles. The highest BCUT2D eigenvalue weighted by Gasteiger charge is 2.23. The molecule has 0 fully saturated rings. The van der Waals surface area contributed by atoms with Gasteiger partial charge in [0.05, 0.1) is 14.7 Å². The monoisotopic (exact) mass is 413 g/mol. The number of nitro benzene ring substituents is 1. The number of aryl methyl sites for hydroxylation is 2. The van der Waals surface area contributed by atoms with Crippen LogP contribution >= 0.6 is 11.5 Å². The molecule has 0 saturated heterocycles. The molecular formula is C11H12ClN3O8S2. The van der Waals surface area contributed by atoms with Crippen LogP contribution in [0, 0.1) is 34.2 Å². The van der Waals surface area contributed by atoms with Crippen molar-refractivity contribution in [3.63, 3.8) is 0 Å². The van der Waals surface area contributed by atoms with E-state index in [1.165, 1.54) is 33.8 Å². The first-order valence-electron chi connectivity index (χ1n) is 6.18. The fourth-order valence-corrected chi connectivity index (χ4v) is 3.57. The average molecular weight is 414 g/mol. The number of aromatic nitrogens is 1. The van der Waals surface area contributed by atoms with Gasteiger partial charge in [0.2, 0.25) is 6.20 Å². The molecule has 0 radical (unpaired) electrons. The summed E-state index contributed by atoms with van der Waals surface area (Å²) in [7, 11) is -8.80. The molecule has 1 aromatic carbocycles. The van der Waals surface area contributed by atoms with E-state index in [0.29, 0.717) is 0 Å². The summed E-state index contributed by atoms with van der Waals surface area (Å²) >= 11 is 1.24. The fourth-order valence-electron chi connectivity index (χ4n) is 1.49. The number of rotatable bonds is 4. The Kier molecular flexibility index (Phi) is 6.78. The maximum Gasteiger partial charge on any atom is 0.308 e. The summed E-state index contributed by atoms with van der Waals surface area (Å²) < 4.78 is 59.6.